The second-order valence-corrected chi connectivity index (χ2v) is 4.26. The first kappa shape index (κ1) is 11.1. The lowest BCUT2D eigenvalue weighted by atomic mass is 9.76. The Kier molecular flexibility index (Phi) is 2.68. The number of rotatable bonds is 4. The van der Waals surface area contributed by atoms with Crippen LogP contribution in [0.1, 0.15) is 18.4 Å². The summed E-state index contributed by atoms with van der Waals surface area (Å²) in [5, 5.41) is 9.38. The van der Waals surface area contributed by atoms with Crippen LogP contribution in [0.5, 0.6) is 0 Å². The van der Waals surface area contributed by atoms with Gasteiger partial charge in [-0.1, -0.05) is 12.1 Å². The SMILES string of the molecule is NCC(C(=O)O)(c1ccc(F)cc1)C1CC1. The molecule has 2 rings (SSSR count). The molecule has 0 bridgehead atoms. The first-order chi connectivity index (χ1) is 7.61. The lowest BCUT2D eigenvalue weighted by Crippen LogP contribution is -2.45. The van der Waals surface area contributed by atoms with Gasteiger partial charge in [-0.15, -0.1) is 0 Å². The third-order valence-electron chi connectivity index (χ3n) is 3.34. The second kappa shape index (κ2) is 3.87. The standard InChI is InChI=1S/C12H14FNO2/c13-10-5-3-9(4-6-10)12(7-14,11(15)16)8-1-2-8/h3-6,8H,1-2,7,14H2,(H,15,16). The molecule has 0 aromatic heterocycles. The van der Waals surface area contributed by atoms with Crippen molar-refractivity contribution in [3.8, 4) is 0 Å². The van der Waals surface area contributed by atoms with Crippen LogP contribution in [0, 0.1) is 11.7 Å². The third-order valence-corrected chi connectivity index (χ3v) is 3.34. The zero-order chi connectivity index (χ0) is 11.8. The van der Waals surface area contributed by atoms with E-state index in [-0.39, 0.29) is 18.3 Å². The zero-order valence-corrected chi connectivity index (χ0v) is 8.82. The van der Waals surface area contributed by atoms with Gasteiger partial charge in [-0.25, -0.2) is 4.39 Å². The Morgan fingerprint density at radius 2 is 2.00 bits per heavy atom. The van der Waals surface area contributed by atoms with Gasteiger partial charge >= 0.3 is 5.97 Å². The smallest absolute Gasteiger partial charge is 0.315 e. The molecule has 1 unspecified atom stereocenters. The topological polar surface area (TPSA) is 63.3 Å². The number of aliphatic carboxylic acids is 1. The number of hydrogen-bond acceptors (Lipinski definition) is 2. The normalized spacial score (nSPS) is 19.1. The molecule has 1 fully saturated rings. The molecule has 3 N–H and O–H groups in total. The van der Waals surface area contributed by atoms with E-state index in [1.165, 1.54) is 24.3 Å². The van der Waals surface area contributed by atoms with Crippen LogP contribution in [-0.2, 0) is 10.2 Å². The molecule has 0 spiro atoms. The lowest BCUT2D eigenvalue weighted by Gasteiger charge is -2.28. The Labute approximate surface area is 93.1 Å². The first-order valence-corrected chi connectivity index (χ1v) is 5.31. The van der Waals surface area contributed by atoms with E-state index in [1.807, 2.05) is 0 Å². The Balaban J connectivity index is 2.45. The van der Waals surface area contributed by atoms with Gasteiger partial charge in [-0.3, -0.25) is 4.79 Å². The minimum absolute atomic E-state index is 0.0542. The van der Waals surface area contributed by atoms with Crippen molar-refractivity contribution >= 4 is 5.97 Å². The Bertz CT molecular complexity index is 400. The van der Waals surface area contributed by atoms with Gasteiger partial charge in [0.05, 0.1) is 0 Å². The van der Waals surface area contributed by atoms with Gasteiger partial charge in [-0.2, -0.15) is 0 Å². The van der Waals surface area contributed by atoms with Crippen molar-refractivity contribution in [2.24, 2.45) is 11.7 Å². The fraction of sp³-hybridized carbons (Fsp3) is 0.417. The quantitative estimate of drug-likeness (QED) is 0.813. The van der Waals surface area contributed by atoms with Gasteiger partial charge in [0, 0.05) is 6.54 Å². The van der Waals surface area contributed by atoms with Crippen molar-refractivity contribution in [3.05, 3.63) is 35.6 Å². The predicted molar refractivity (Wildman–Crippen MR) is 57.5 cm³/mol. The molecule has 1 aliphatic rings. The monoisotopic (exact) mass is 223 g/mol. The van der Waals surface area contributed by atoms with Gasteiger partial charge in [0.25, 0.3) is 0 Å². The highest BCUT2D eigenvalue weighted by molar-refractivity contribution is 5.82. The Morgan fingerprint density at radius 1 is 1.44 bits per heavy atom. The number of carboxylic acids is 1. The van der Waals surface area contributed by atoms with Crippen molar-refractivity contribution in [1.82, 2.24) is 0 Å². The second-order valence-electron chi connectivity index (χ2n) is 4.26. The van der Waals surface area contributed by atoms with Crippen LogP contribution in [0.25, 0.3) is 0 Å². The largest absolute Gasteiger partial charge is 0.481 e. The molecule has 1 saturated carbocycles. The minimum Gasteiger partial charge on any atom is -0.481 e. The minimum atomic E-state index is -1.03. The summed E-state index contributed by atoms with van der Waals surface area (Å²) in [5.74, 6) is -1.19. The van der Waals surface area contributed by atoms with Crippen LogP contribution in [0.4, 0.5) is 4.39 Å². The van der Waals surface area contributed by atoms with Crippen LogP contribution >= 0.6 is 0 Å². The summed E-state index contributed by atoms with van der Waals surface area (Å²) in [5.41, 5.74) is 5.21. The van der Waals surface area contributed by atoms with E-state index in [2.05, 4.69) is 0 Å². The van der Waals surface area contributed by atoms with Gasteiger partial charge < -0.3 is 10.8 Å². The number of hydrogen-bond donors (Lipinski definition) is 2. The number of carbonyl (C=O) groups is 1. The molecule has 0 aliphatic heterocycles. The van der Waals surface area contributed by atoms with E-state index in [0.29, 0.717) is 5.56 Å². The molecular weight excluding hydrogens is 209 g/mol. The van der Waals surface area contributed by atoms with Crippen LogP contribution in [-0.4, -0.2) is 17.6 Å². The van der Waals surface area contributed by atoms with E-state index >= 15 is 0 Å². The molecule has 1 aliphatic carbocycles. The van der Waals surface area contributed by atoms with Gasteiger partial charge in [0.2, 0.25) is 0 Å². The molecule has 0 heterocycles. The molecule has 3 nitrogen and oxygen atoms in total. The maximum Gasteiger partial charge on any atom is 0.315 e. The third kappa shape index (κ3) is 1.59. The Hall–Kier alpha value is -1.42. The van der Waals surface area contributed by atoms with Crippen molar-refractivity contribution in [2.75, 3.05) is 6.54 Å². The highest BCUT2D eigenvalue weighted by Crippen LogP contribution is 2.47. The molecule has 86 valence electrons. The van der Waals surface area contributed by atoms with Crippen LogP contribution in [0.15, 0.2) is 24.3 Å². The maximum absolute atomic E-state index is 12.8. The average molecular weight is 223 g/mol. The Morgan fingerprint density at radius 3 is 2.38 bits per heavy atom. The average Bonchev–Trinajstić information content (AvgIpc) is 3.06. The maximum atomic E-state index is 12.8. The van der Waals surface area contributed by atoms with Crippen molar-refractivity contribution < 1.29 is 14.3 Å². The van der Waals surface area contributed by atoms with E-state index in [0.717, 1.165) is 12.8 Å². The van der Waals surface area contributed by atoms with E-state index in [4.69, 9.17) is 5.73 Å². The molecule has 1 aromatic rings. The fourth-order valence-electron chi connectivity index (χ4n) is 2.23. The summed E-state index contributed by atoms with van der Waals surface area (Å²) in [6, 6.07) is 5.61. The van der Waals surface area contributed by atoms with E-state index < -0.39 is 11.4 Å². The van der Waals surface area contributed by atoms with E-state index in [1.54, 1.807) is 0 Å². The number of carboxylic acid groups (broad SMARTS) is 1. The van der Waals surface area contributed by atoms with Crippen LogP contribution in [0.2, 0.25) is 0 Å². The van der Waals surface area contributed by atoms with Crippen LogP contribution < -0.4 is 5.73 Å². The number of halogens is 1. The molecule has 0 radical (unpaired) electrons. The summed E-state index contributed by atoms with van der Waals surface area (Å²) in [7, 11) is 0. The van der Waals surface area contributed by atoms with Crippen molar-refractivity contribution in [1.29, 1.82) is 0 Å². The molecule has 0 saturated heterocycles. The summed E-state index contributed by atoms with van der Waals surface area (Å²) in [6.45, 7) is 0.0542. The van der Waals surface area contributed by atoms with Gasteiger partial charge in [0.1, 0.15) is 11.2 Å². The number of benzene rings is 1. The summed E-state index contributed by atoms with van der Waals surface area (Å²) >= 11 is 0. The molecule has 0 amide bonds. The molecule has 4 heteroatoms. The molecule has 1 atom stereocenters. The summed E-state index contributed by atoms with van der Waals surface area (Å²) in [4.78, 5) is 11.4. The molecular formula is C12H14FNO2. The number of nitrogens with two attached hydrogens (primary N) is 1. The van der Waals surface area contributed by atoms with E-state index in [9.17, 15) is 14.3 Å². The zero-order valence-electron chi connectivity index (χ0n) is 8.82. The summed E-state index contributed by atoms with van der Waals surface area (Å²) < 4.78 is 12.8. The summed E-state index contributed by atoms with van der Waals surface area (Å²) in [6.07, 6.45) is 1.75. The first-order valence-electron chi connectivity index (χ1n) is 5.31. The highest BCUT2D eigenvalue weighted by atomic mass is 19.1. The van der Waals surface area contributed by atoms with Crippen molar-refractivity contribution in [3.63, 3.8) is 0 Å². The molecule has 16 heavy (non-hydrogen) atoms. The van der Waals surface area contributed by atoms with Crippen LogP contribution in [0.3, 0.4) is 0 Å². The van der Waals surface area contributed by atoms with Gasteiger partial charge in [0.15, 0.2) is 0 Å². The predicted octanol–water partition coefficient (Wildman–Crippen LogP) is 1.52. The fourth-order valence-corrected chi connectivity index (χ4v) is 2.23. The van der Waals surface area contributed by atoms with Crippen molar-refractivity contribution in [2.45, 2.75) is 18.3 Å². The molecule has 1 aromatic carbocycles. The lowest BCUT2D eigenvalue weighted by molar-refractivity contribution is -0.144. The van der Waals surface area contributed by atoms with Gasteiger partial charge in [-0.05, 0) is 36.5 Å². The highest BCUT2D eigenvalue weighted by Gasteiger charge is 2.51.